The molecular formula is C20H31N3O4. The van der Waals surface area contributed by atoms with Crippen LogP contribution in [0.5, 0.6) is 0 Å². The fourth-order valence-corrected chi connectivity index (χ4v) is 6.37. The van der Waals surface area contributed by atoms with Gasteiger partial charge in [-0.05, 0) is 69.1 Å². The fourth-order valence-electron chi connectivity index (χ4n) is 6.37. The molecule has 0 aromatic carbocycles. The monoisotopic (exact) mass is 377 g/mol. The number of carbonyl (C=O) groups excluding carboxylic acids is 2. The highest BCUT2D eigenvalue weighted by Crippen LogP contribution is 2.55. The number of nitrogens with one attached hydrogen (secondary N) is 2. The number of carbonyl (C=O) groups is 3. The molecule has 5 aliphatic rings. The van der Waals surface area contributed by atoms with E-state index in [4.69, 9.17) is 5.11 Å². The molecule has 0 atom stereocenters. The topological polar surface area (TPSA) is 98.7 Å². The van der Waals surface area contributed by atoms with Gasteiger partial charge in [0.05, 0.1) is 5.92 Å². The van der Waals surface area contributed by atoms with Crippen molar-refractivity contribution in [3.05, 3.63) is 0 Å². The Morgan fingerprint density at radius 2 is 1.52 bits per heavy atom. The van der Waals surface area contributed by atoms with Crippen LogP contribution in [-0.4, -0.2) is 53.1 Å². The molecule has 4 bridgehead atoms. The number of carboxylic acids is 1. The average molecular weight is 377 g/mol. The van der Waals surface area contributed by atoms with Crippen molar-refractivity contribution in [1.29, 1.82) is 0 Å². The Kier molecular flexibility index (Phi) is 5.03. The number of nitrogens with zero attached hydrogens (tertiary/aromatic N) is 1. The average Bonchev–Trinajstić information content (AvgIpc) is 2.60. The normalized spacial score (nSPS) is 35.1. The van der Waals surface area contributed by atoms with Gasteiger partial charge in [-0.3, -0.25) is 9.59 Å². The Morgan fingerprint density at radius 3 is 2.04 bits per heavy atom. The summed E-state index contributed by atoms with van der Waals surface area (Å²) in [4.78, 5) is 37.4. The number of rotatable bonds is 5. The predicted molar refractivity (Wildman–Crippen MR) is 99.0 cm³/mol. The molecule has 3 N–H and O–H groups in total. The van der Waals surface area contributed by atoms with E-state index in [1.165, 1.54) is 19.3 Å². The first-order valence-corrected chi connectivity index (χ1v) is 10.5. The molecule has 5 fully saturated rings. The van der Waals surface area contributed by atoms with E-state index >= 15 is 0 Å². The van der Waals surface area contributed by atoms with Gasteiger partial charge < -0.3 is 20.6 Å². The molecule has 3 amide bonds. The summed E-state index contributed by atoms with van der Waals surface area (Å²) in [5.74, 6) is 1.24. The van der Waals surface area contributed by atoms with Crippen molar-refractivity contribution in [1.82, 2.24) is 15.5 Å². The van der Waals surface area contributed by atoms with Crippen LogP contribution >= 0.6 is 0 Å². The summed E-state index contributed by atoms with van der Waals surface area (Å²) < 4.78 is 0. The first-order valence-electron chi connectivity index (χ1n) is 10.5. The Balaban J connectivity index is 1.18. The number of urea groups is 1. The molecule has 4 saturated carbocycles. The van der Waals surface area contributed by atoms with E-state index in [1.807, 2.05) is 0 Å². The Morgan fingerprint density at radius 1 is 0.963 bits per heavy atom. The molecule has 1 saturated heterocycles. The summed E-state index contributed by atoms with van der Waals surface area (Å²) in [6.45, 7) is 1.32. The van der Waals surface area contributed by atoms with Gasteiger partial charge in [-0.2, -0.15) is 0 Å². The van der Waals surface area contributed by atoms with E-state index in [-0.39, 0.29) is 29.8 Å². The summed E-state index contributed by atoms with van der Waals surface area (Å²) in [6, 6.07) is -0.144. The van der Waals surface area contributed by atoms with E-state index in [9.17, 15) is 14.4 Å². The van der Waals surface area contributed by atoms with Gasteiger partial charge in [0.15, 0.2) is 0 Å². The van der Waals surface area contributed by atoms with Gasteiger partial charge in [0, 0.05) is 31.6 Å². The fraction of sp³-hybridized carbons (Fsp3) is 0.850. The van der Waals surface area contributed by atoms with Crippen LogP contribution in [0, 0.1) is 23.7 Å². The van der Waals surface area contributed by atoms with Gasteiger partial charge in [0.1, 0.15) is 0 Å². The first kappa shape index (κ1) is 18.6. The summed E-state index contributed by atoms with van der Waals surface area (Å²) in [5, 5.41) is 15.1. The summed E-state index contributed by atoms with van der Waals surface area (Å²) in [6.07, 6.45) is 8.67. The minimum atomic E-state index is -0.773. The van der Waals surface area contributed by atoms with Crippen molar-refractivity contribution in [3.8, 4) is 0 Å². The van der Waals surface area contributed by atoms with Crippen molar-refractivity contribution in [3.63, 3.8) is 0 Å². The van der Waals surface area contributed by atoms with Crippen LogP contribution in [-0.2, 0) is 9.59 Å². The highest BCUT2D eigenvalue weighted by atomic mass is 16.4. The first-order chi connectivity index (χ1) is 12.9. The maximum absolute atomic E-state index is 12.4. The minimum Gasteiger partial charge on any atom is -0.481 e. The molecule has 0 spiro atoms. The van der Waals surface area contributed by atoms with Crippen LogP contribution in [0.3, 0.4) is 0 Å². The zero-order valence-corrected chi connectivity index (χ0v) is 15.9. The van der Waals surface area contributed by atoms with Crippen molar-refractivity contribution >= 4 is 17.9 Å². The van der Waals surface area contributed by atoms with Crippen molar-refractivity contribution in [2.45, 2.75) is 63.3 Å². The van der Waals surface area contributed by atoms with Gasteiger partial charge in [-0.1, -0.05) is 0 Å². The standard InChI is InChI=1S/C20H31N3O4/c24-17(23-5-2-16(3-6-23)18(25)26)1-4-21-19(27)22-20-10-13-7-14(11-20)9-15(8-13)12-20/h13-16H,1-12H2,(H,25,26)(H2,21,22,27). The SMILES string of the molecule is O=C(NCCC(=O)N1CCC(C(=O)O)CC1)NC12CC3CC(CC(C3)C1)C2. The number of hydrogen-bond donors (Lipinski definition) is 3. The lowest BCUT2D eigenvalue weighted by Crippen LogP contribution is -2.61. The highest BCUT2D eigenvalue weighted by molar-refractivity contribution is 5.79. The number of carboxylic acid groups (broad SMARTS) is 1. The van der Waals surface area contributed by atoms with E-state index in [0.717, 1.165) is 37.0 Å². The van der Waals surface area contributed by atoms with E-state index in [1.54, 1.807) is 4.90 Å². The molecule has 7 heteroatoms. The number of piperidine rings is 1. The zero-order chi connectivity index (χ0) is 19.0. The molecule has 5 rings (SSSR count). The highest BCUT2D eigenvalue weighted by Gasteiger charge is 2.51. The molecular weight excluding hydrogens is 346 g/mol. The third-order valence-corrected chi connectivity index (χ3v) is 7.24. The van der Waals surface area contributed by atoms with E-state index in [0.29, 0.717) is 32.5 Å². The molecule has 4 aliphatic carbocycles. The Hall–Kier alpha value is -1.79. The second kappa shape index (κ2) is 7.32. The second-order valence-electron chi connectivity index (χ2n) is 9.32. The molecule has 27 heavy (non-hydrogen) atoms. The lowest BCUT2D eigenvalue weighted by molar-refractivity contribution is -0.145. The summed E-state index contributed by atoms with van der Waals surface area (Å²) in [5.41, 5.74) is -0.0123. The molecule has 1 aliphatic heterocycles. The van der Waals surface area contributed by atoms with Crippen LogP contribution in [0.1, 0.15) is 57.8 Å². The smallest absolute Gasteiger partial charge is 0.315 e. The number of aliphatic carboxylic acids is 1. The number of amides is 3. The van der Waals surface area contributed by atoms with Gasteiger partial charge in [-0.15, -0.1) is 0 Å². The van der Waals surface area contributed by atoms with E-state index in [2.05, 4.69) is 10.6 Å². The Bertz CT molecular complexity index is 577. The molecule has 150 valence electrons. The minimum absolute atomic E-state index is 0.00561. The molecule has 0 aromatic rings. The number of likely N-dealkylation sites (tertiary alicyclic amines) is 1. The third kappa shape index (κ3) is 4.06. The molecule has 0 unspecified atom stereocenters. The van der Waals surface area contributed by atoms with Gasteiger partial charge in [0.25, 0.3) is 0 Å². The second-order valence-corrected chi connectivity index (χ2v) is 9.32. The quantitative estimate of drug-likeness (QED) is 0.682. The van der Waals surface area contributed by atoms with Crippen LogP contribution in [0.25, 0.3) is 0 Å². The molecule has 0 radical (unpaired) electrons. The zero-order valence-electron chi connectivity index (χ0n) is 15.9. The van der Waals surface area contributed by atoms with Crippen molar-refractivity contribution in [2.24, 2.45) is 23.7 Å². The lowest BCUT2D eigenvalue weighted by Gasteiger charge is -2.56. The van der Waals surface area contributed by atoms with Crippen LogP contribution < -0.4 is 10.6 Å². The summed E-state index contributed by atoms with van der Waals surface area (Å²) in [7, 11) is 0. The molecule has 7 nitrogen and oxygen atoms in total. The third-order valence-electron chi connectivity index (χ3n) is 7.24. The predicted octanol–water partition coefficient (Wildman–Crippen LogP) is 1.97. The molecule has 0 aromatic heterocycles. The van der Waals surface area contributed by atoms with Crippen LogP contribution in [0.15, 0.2) is 0 Å². The van der Waals surface area contributed by atoms with Crippen LogP contribution in [0.2, 0.25) is 0 Å². The number of hydrogen-bond acceptors (Lipinski definition) is 3. The van der Waals surface area contributed by atoms with Crippen molar-refractivity contribution in [2.75, 3.05) is 19.6 Å². The Labute approximate surface area is 160 Å². The lowest BCUT2D eigenvalue weighted by atomic mass is 9.53. The van der Waals surface area contributed by atoms with Gasteiger partial charge in [-0.25, -0.2) is 4.79 Å². The van der Waals surface area contributed by atoms with Gasteiger partial charge >= 0.3 is 12.0 Å². The van der Waals surface area contributed by atoms with E-state index < -0.39 is 5.97 Å². The maximum Gasteiger partial charge on any atom is 0.315 e. The van der Waals surface area contributed by atoms with Gasteiger partial charge in [0.2, 0.25) is 5.91 Å². The van der Waals surface area contributed by atoms with Crippen molar-refractivity contribution < 1.29 is 19.5 Å². The largest absolute Gasteiger partial charge is 0.481 e. The maximum atomic E-state index is 12.4. The van der Waals surface area contributed by atoms with Crippen LogP contribution in [0.4, 0.5) is 4.79 Å². The summed E-state index contributed by atoms with van der Waals surface area (Å²) >= 11 is 0. The molecule has 1 heterocycles.